The summed E-state index contributed by atoms with van der Waals surface area (Å²) in [6.07, 6.45) is 1.99. The van der Waals surface area contributed by atoms with E-state index in [0.717, 1.165) is 18.9 Å². The van der Waals surface area contributed by atoms with Crippen LogP contribution < -0.4 is 5.73 Å². The molecular weight excluding hydrogens is 252 g/mol. The number of esters is 1. The molecule has 0 bridgehead atoms. The average Bonchev–Trinajstić information content (AvgIpc) is 3.18. The van der Waals surface area contributed by atoms with Crippen LogP contribution in [-0.2, 0) is 16.0 Å². The van der Waals surface area contributed by atoms with Crippen LogP contribution in [0.4, 0.5) is 8.78 Å². The van der Waals surface area contributed by atoms with Crippen LogP contribution in [0.2, 0.25) is 0 Å². The third-order valence-electron chi connectivity index (χ3n) is 3.76. The van der Waals surface area contributed by atoms with Gasteiger partial charge in [0.2, 0.25) is 0 Å². The Morgan fingerprint density at radius 1 is 1.37 bits per heavy atom. The Hall–Kier alpha value is -1.49. The van der Waals surface area contributed by atoms with E-state index in [4.69, 9.17) is 10.5 Å². The Morgan fingerprint density at radius 3 is 2.37 bits per heavy atom. The van der Waals surface area contributed by atoms with Gasteiger partial charge in [-0.2, -0.15) is 0 Å². The smallest absolute Gasteiger partial charge is 0.313 e. The third kappa shape index (κ3) is 2.76. The molecule has 1 aromatic rings. The number of benzene rings is 1. The van der Waals surface area contributed by atoms with E-state index in [1.54, 1.807) is 0 Å². The van der Waals surface area contributed by atoms with Crippen molar-refractivity contribution >= 4 is 5.97 Å². The second-order valence-corrected chi connectivity index (χ2v) is 5.08. The summed E-state index contributed by atoms with van der Waals surface area (Å²) >= 11 is 0. The van der Waals surface area contributed by atoms with Crippen LogP contribution in [0, 0.1) is 23.0 Å². The molecule has 2 rings (SSSR count). The van der Waals surface area contributed by atoms with E-state index in [1.807, 2.05) is 0 Å². The van der Waals surface area contributed by atoms with Crippen molar-refractivity contribution in [3.8, 4) is 0 Å². The van der Waals surface area contributed by atoms with Crippen LogP contribution >= 0.6 is 0 Å². The number of nitrogens with two attached hydrogens (primary N) is 1. The number of hydrogen-bond acceptors (Lipinski definition) is 3. The van der Waals surface area contributed by atoms with Gasteiger partial charge < -0.3 is 10.5 Å². The molecule has 19 heavy (non-hydrogen) atoms. The van der Waals surface area contributed by atoms with Gasteiger partial charge in [0.05, 0.1) is 12.5 Å². The van der Waals surface area contributed by atoms with Crippen molar-refractivity contribution in [2.24, 2.45) is 17.1 Å². The minimum absolute atomic E-state index is 0.114. The fraction of sp³-hybridized carbons (Fsp3) is 0.500. The minimum atomic E-state index is -0.866. The zero-order valence-corrected chi connectivity index (χ0v) is 10.8. The van der Waals surface area contributed by atoms with E-state index >= 15 is 0 Å². The fourth-order valence-corrected chi connectivity index (χ4v) is 2.62. The Labute approximate surface area is 110 Å². The van der Waals surface area contributed by atoms with Crippen molar-refractivity contribution < 1.29 is 18.3 Å². The van der Waals surface area contributed by atoms with E-state index < -0.39 is 23.0 Å². The number of carbonyl (C=O) groups excluding carboxylic acids is 1. The van der Waals surface area contributed by atoms with Gasteiger partial charge in [0.1, 0.15) is 11.6 Å². The quantitative estimate of drug-likeness (QED) is 0.832. The maximum atomic E-state index is 13.2. The zero-order chi connectivity index (χ0) is 14.0. The molecule has 1 aliphatic carbocycles. The highest BCUT2D eigenvalue weighted by Gasteiger charge is 2.50. The second-order valence-electron chi connectivity index (χ2n) is 5.08. The molecule has 0 radical (unpaired) electrons. The van der Waals surface area contributed by atoms with E-state index in [-0.39, 0.29) is 18.9 Å². The lowest BCUT2D eigenvalue weighted by atomic mass is 9.77. The molecule has 5 heteroatoms. The molecule has 1 aromatic carbocycles. The number of methoxy groups -OCH3 is 1. The second kappa shape index (κ2) is 5.25. The molecule has 0 amide bonds. The van der Waals surface area contributed by atoms with Crippen molar-refractivity contribution in [3.63, 3.8) is 0 Å². The first-order valence-corrected chi connectivity index (χ1v) is 6.25. The first kappa shape index (κ1) is 13.9. The fourth-order valence-electron chi connectivity index (χ4n) is 2.62. The number of ether oxygens (including phenoxy) is 1. The monoisotopic (exact) mass is 269 g/mol. The standard InChI is InChI=1S/C14H17F2NO2/c1-19-13(18)14(8-17,10-2-3-10)7-9-4-11(15)6-12(16)5-9/h4-6,10H,2-3,7-8,17H2,1H3. The zero-order valence-electron chi connectivity index (χ0n) is 10.8. The molecule has 0 spiro atoms. The number of hydrogen-bond donors (Lipinski definition) is 1. The molecule has 0 aromatic heterocycles. The molecule has 3 nitrogen and oxygen atoms in total. The van der Waals surface area contributed by atoms with E-state index in [0.29, 0.717) is 5.56 Å². The highest BCUT2D eigenvalue weighted by atomic mass is 19.1. The summed E-state index contributed by atoms with van der Waals surface area (Å²) in [6, 6.07) is 3.28. The normalized spacial score (nSPS) is 17.9. The maximum absolute atomic E-state index is 13.2. The summed E-state index contributed by atoms with van der Waals surface area (Å²) in [5.41, 5.74) is 5.33. The van der Waals surface area contributed by atoms with Crippen LogP contribution in [0.3, 0.4) is 0 Å². The van der Waals surface area contributed by atoms with E-state index in [1.165, 1.54) is 19.2 Å². The minimum Gasteiger partial charge on any atom is -0.469 e. The summed E-state index contributed by atoms with van der Waals surface area (Å²) < 4.78 is 31.3. The Bertz CT molecular complexity index is 468. The summed E-state index contributed by atoms with van der Waals surface area (Å²) in [7, 11) is 1.31. The van der Waals surface area contributed by atoms with Gasteiger partial charge in [-0.1, -0.05) is 0 Å². The number of halogens is 2. The SMILES string of the molecule is COC(=O)C(CN)(Cc1cc(F)cc(F)c1)C1CC1. The first-order valence-electron chi connectivity index (χ1n) is 6.25. The molecule has 104 valence electrons. The van der Waals surface area contributed by atoms with Crippen LogP contribution in [-0.4, -0.2) is 19.6 Å². The molecule has 0 saturated heterocycles. The lowest BCUT2D eigenvalue weighted by molar-refractivity contribution is -0.153. The Balaban J connectivity index is 2.32. The van der Waals surface area contributed by atoms with Gasteiger partial charge in [-0.05, 0) is 42.9 Å². The van der Waals surface area contributed by atoms with Gasteiger partial charge in [0.15, 0.2) is 0 Å². The molecule has 2 N–H and O–H groups in total. The van der Waals surface area contributed by atoms with E-state index in [2.05, 4.69) is 0 Å². The predicted octanol–water partition coefficient (Wildman–Crippen LogP) is 2.04. The van der Waals surface area contributed by atoms with Crippen LogP contribution in [0.25, 0.3) is 0 Å². The highest BCUT2D eigenvalue weighted by molar-refractivity contribution is 5.78. The summed E-state index contributed by atoms with van der Waals surface area (Å²) in [5.74, 6) is -1.57. The third-order valence-corrected chi connectivity index (χ3v) is 3.76. The Kier molecular flexibility index (Phi) is 3.85. The molecule has 1 fully saturated rings. The van der Waals surface area contributed by atoms with Crippen molar-refractivity contribution in [3.05, 3.63) is 35.4 Å². The van der Waals surface area contributed by atoms with Crippen LogP contribution in [0.15, 0.2) is 18.2 Å². The van der Waals surface area contributed by atoms with Crippen molar-refractivity contribution in [1.29, 1.82) is 0 Å². The van der Waals surface area contributed by atoms with Crippen molar-refractivity contribution in [1.82, 2.24) is 0 Å². The molecular formula is C14H17F2NO2. The summed E-state index contributed by atoms with van der Waals surface area (Å²) in [4.78, 5) is 12.0. The molecule has 0 heterocycles. The predicted molar refractivity (Wildman–Crippen MR) is 66.3 cm³/mol. The summed E-state index contributed by atoms with van der Waals surface area (Å²) in [6.45, 7) is 0.114. The average molecular weight is 269 g/mol. The summed E-state index contributed by atoms with van der Waals surface area (Å²) in [5, 5.41) is 0. The highest BCUT2D eigenvalue weighted by Crippen LogP contribution is 2.47. The van der Waals surface area contributed by atoms with E-state index in [9.17, 15) is 13.6 Å². The van der Waals surface area contributed by atoms with Gasteiger partial charge >= 0.3 is 5.97 Å². The molecule has 1 atom stereocenters. The van der Waals surface area contributed by atoms with Gasteiger partial charge in [0, 0.05) is 12.6 Å². The lowest BCUT2D eigenvalue weighted by Gasteiger charge is -2.29. The lowest BCUT2D eigenvalue weighted by Crippen LogP contribution is -2.43. The topological polar surface area (TPSA) is 52.3 Å². The number of carbonyl (C=O) groups is 1. The van der Waals surface area contributed by atoms with Gasteiger partial charge in [-0.25, -0.2) is 8.78 Å². The van der Waals surface area contributed by atoms with Crippen LogP contribution in [0.5, 0.6) is 0 Å². The maximum Gasteiger partial charge on any atom is 0.313 e. The van der Waals surface area contributed by atoms with Gasteiger partial charge in [-0.3, -0.25) is 4.79 Å². The first-order chi connectivity index (χ1) is 9.01. The Morgan fingerprint density at radius 2 is 1.95 bits per heavy atom. The van der Waals surface area contributed by atoms with Gasteiger partial charge in [-0.15, -0.1) is 0 Å². The molecule has 1 unspecified atom stereocenters. The van der Waals surface area contributed by atoms with Crippen LogP contribution in [0.1, 0.15) is 18.4 Å². The van der Waals surface area contributed by atoms with Crippen molar-refractivity contribution in [2.75, 3.05) is 13.7 Å². The molecule has 1 saturated carbocycles. The van der Waals surface area contributed by atoms with Gasteiger partial charge in [0.25, 0.3) is 0 Å². The molecule has 0 aliphatic heterocycles. The van der Waals surface area contributed by atoms with Crippen molar-refractivity contribution in [2.45, 2.75) is 19.3 Å². The molecule has 1 aliphatic rings. The number of rotatable bonds is 5. The largest absolute Gasteiger partial charge is 0.469 e.